The summed E-state index contributed by atoms with van der Waals surface area (Å²) in [6.45, 7) is 4.85. The van der Waals surface area contributed by atoms with Crippen molar-refractivity contribution in [3.8, 4) is 5.75 Å². The van der Waals surface area contributed by atoms with Gasteiger partial charge in [-0.3, -0.25) is 38.4 Å². The van der Waals surface area contributed by atoms with Crippen molar-refractivity contribution in [2.75, 3.05) is 18.1 Å². The number of amides is 8. The summed E-state index contributed by atoms with van der Waals surface area (Å²) < 4.78 is 0. The minimum atomic E-state index is -1.55. The van der Waals surface area contributed by atoms with Crippen molar-refractivity contribution in [1.29, 1.82) is 0 Å². The lowest BCUT2D eigenvalue weighted by Crippen LogP contribution is -2.62. The zero-order valence-electron chi connectivity index (χ0n) is 43.1. The predicted molar refractivity (Wildman–Crippen MR) is 296 cm³/mol. The van der Waals surface area contributed by atoms with Gasteiger partial charge in [-0.2, -0.15) is 0 Å². The second kappa shape index (κ2) is 28.3. The van der Waals surface area contributed by atoms with Gasteiger partial charge in [-0.1, -0.05) is 108 Å². The highest BCUT2D eigenvalue weighted by Gasteiger charge is 2.36. The molecule has 16 N–H and O–H groups in total. The van der Waals surface area contributed by atoms with Crippen LogP contribution in [-0.2, 0) is 57.6 Å². The standard InChI is InChI=1S/C54H69N11O10S2/c1-29(2)45-54(75)63-44(53(74)65-46(30(3)66)47(57)68)28-77-76-27-43(62-48(69)38(56)23-32-15-18-33-10-4-5-11-34(33)22-32)52(73)60-41(24-31-16-19-36(67)20-17-31)50(71)61-42(25-35-26-58-39-13-7-6-12-37(35)39)51(72)59-40(49(70)64-45)14-8-9-21-55/h4-7,10-13,15-20,22,26,29-30,38,40-46,58,66-67H,8-9,14,21,23-25,27-28,55-56H2,1-3H3,(H2,57,68)(H,59,72)(H,60,73)(H,61,71)(H,62,69)(H,63,75)(H,64,70)(H,65,74)/t30?,38-,40+,41+,42-,43+,44+,45+,46+/m1/s1. The normalized spacial score (nSPS) is 21.6. The Morgan fingerprint density at radius 1 is 0.714 bits per heavy atom. The van der Waals surface area contributed by atoms with Gasteiger partial charge < -0.3 is 69.6 Å². The van der Waals surface area contributed by atoms with Crippen LogP contribution < -0.4 is 54.4 Å². The van der Waals surface area contributed by atoms with E-state index in [2.05, 4.69) is 42.2 Å². The van der Waals surface area contributed by atoms with Gasteiger partial charge in [-0.25, -0.2) is 0 Å². The Hall–Kier alpha value is -7.18. The molecule has 77 heavy (non-hydrogen) atoms. The molecule has 8 amide bonds. The van der Waals surface area contributed by atoms with Crippen LogP contribution in [-0.4, -0.2) is 135 Å². The van der Waals surface area contributed by atoms with Crippen LogP contribution in [0.4, 0.5) is 0 Å². The van der Waals surface area contributed by atoms with Crippen molar-refractivity contribution >= 4 is 90.5 Å². The first-order valence-electron chi connectivity index (χ1n) is 25.4. The number of nitrogens with two attached hydrogens (primary N) is 3. The number of aromatic amines is 1. The lowest BCUT2D eigenvalue weighted by molar-refractivity contribution is -0.136. The summed E-state index contributed by atoms with van der Waals surface area (Å²) in [7, 11) is 2.03. The fourth-order valence-electron chi connectivity index (χ4n) is 8.71. The minimum absolute atomic E-state index is 0.0501. The Balaban J connectivity index is 1.39. The van der Waals surface area contributed by atoms with Crippen LogP contribution in [0.15, 0.2) is 97.2 Å². The molecule has 0 saturated carbocycles. The van der Waals surface area contributed by atoms with Crippen molar-refractivity contribution in [3.05, 3.63) is 114 Å². The maximum atomic E-state index is 14.9. The molecule has 1 unspecified atom stereocenters. The Bertz CT molecular complexity index is 2890. The van der Waals surface area contributed by atoms with Gasteiger partial charge in [0.2, 0.25) is 47.3 Å². The van der Waals surface area contributed by atoms with E-state index >= 15 is 0 Å². The number of primary amides is 1. The first-order chi connectivity index (χ1) is 36.8. The van der Waals surface area contributed by atoms with Crippen LogP contribution in [0, 0.1) is 5.92 Å². The molecule has 0 spiro atoms. The topological polar surface area (TPSA) is 355 Å². The Kier molecular flexibility index (Phi) is 21.7. The zero-order valence-corrected chi connectivity index (χ0v) is 44.7. The highest BCUT2D eigenvalue weighted by atomic mass is 33.1. The quantitative estimate of drug-likeness (QED) is 0.0453. The Morgan fingerprint density at radius 3 is 2.03 bits per heavy atom. The van der Waals surface area contributed by atoms with Gasteiger partial charge in [-0.15, -0.1) is 0 Å². The maximum Gasteiger partial charge on any atom is 0.244 e. The Morgan fingerprint density at radius 2 is 1.34 bits per heavy atom. The molecule has 1 fully saturated rings. The number of nitrogens with one attached hydrogen (secondary N) is 8. The molecular weight excluding hydrogens is 1030 g/mol. The van der Waals surface area contributed by atoms with Crippen molar-refractivity contribution in [2.24, 2.45) is 23.1 Å². The van der Waals surface area contributed by atoms with E-state index in [9.17, 15) is 48.6 Å². The van der Waals surface area contributed by atoms with E-state index in [1.165, 1.54) is 19.1 Å². The Labute approximate surface area is 453 Å². The molecule has 21 nitrogen and oxygen atoms in total. The summed E-state index contributed by atoms with van der Waals surface area (Å²) in [5.41, 5.74) is 20.5. The number of aliphatic hydroxyl groups is 1. The number of carbonyl (C=O) groups excluding carboxylic acids is 8. The molecule has 4 aromatic carbocycles. The second-order valence-corrected chi connectivity index (χ2v) is 22.0. The number of aromatic nitrogens is 1. The predicted octanol–water partition coefficient (Wildman–Crippen LogP) is 0.822. The van der Waals surface area contributed by atoms with Gasteiger partial charge in [-0.05, 0) is 90.7 Å². The molecule has 1 aromatic heterocycles. The van der Waals surface area contributed by atoms with E-state index in [0.29, 0.717) is 24.0 Å². The average molecular weight is 1100 g/mol. The van der Waals surface area contributed by atoms with E-state index in [0.717, 1.165) is 48.8 Å². The number of fused-ring (bicyclic) bond motifs is 2. The first-order valence-corrected chi connectivity index (χ1v) is 27.9. The number of rotatable bonds is 17. The number of carbonyl (C=O) groups is 8. The second-order valence-electron chi connectivity index (χ2n) is 19.4. The monoisotopic (exact) mass is 1100 g/mol. The molecule has 1 aliphatic rings. The molecule has 412 valence electrons. The summed E-state index contributed by atoms with van der Waals surface area (Å²) in [5, 5.41) is 42.1. The number of phenols is 1. The zero-order chi connectivity index (χ0) is 55.8. The SMILES string of the molecule is CC(C)[C@@H]1NC(=O)[C@H](CCCCN)NC(=O)[C@@H](Cc2c[nH]c3ccccc23)NC(=O)[C@H](Cc2ccc(O)cc2)NC(=O)[C@@H](NC(=O)[C@H](N)Cc2ccc3ccccc3c2)CSSC[C@@H](C(=O)N[C@H](C(N)=O)C(C)O)NC1=O. The number of H-pyrrole nitrogens is 1. The molecule has 6 rings (SSSR count). The molecule has 1 aliphatic heterocycles. The van der Waals surface area contributed by atoms with Gasteiger partial charge in [0.25, 0.3) is 0 Å². The highest BCUT2D eigenvalue weighted by Crippen LogP contribution is 2.25. The van der Waals surface area contributed by atoms with E-state index in [4.69, 9.17) is 17.2 Å². The van der Waals surface area contributed by atoms with Gasteiger partial charge in [0, 0.05) is 41.4 Å². The van der Waals surface area contributed by atoms with Gasteiger partial charge in [0.05, 0.1) is 12.1 Å². The number of aromatic hydroxyl groups is 1. The summed E-state index contributed by atoms with van der Waals surface area (Å²) in [4.78, 5) is 116. The molecular formula is C54H69N11O10S2. The van der Waals surface area contributed by atoms with Crippen molar-refractivity contribution < 1.29 is 48.6 Å². The fraction of sp³-hybridized carbons (Fsp3) is 0.407. The largest absolute Gasteiger partial charge is 0.508 e. The molecule has 0 bridgehead atoms. The molecule has 23 heteroatoms. The summed E-state index contributed by atoms with van der Waals surface area (Å²) in [5.74, 6) is -7.66. The van der Waals surface area contributed by atoms with E-state index in [1.54, 1.807) is 32.2 Å². The maximum absolute atomic E-state index is 14.9. The van der Waals surface area contributed by atoms with Gasteiger partial charge in [0.15, 0.2) is 0 Å². The number of aliphatic hydroxyl groups excluding tert-OH is 1. The summed E-state index contributed by atoms with van der Waals surface area (Å²) in [6.07, 6.45) is 1.05. The van der Waals surface area contributed by atoms with Crippen LogP contribution in [0.3, 0.4) is 0 Å². The smallest absolute Gasteiger partial charge is 0.244 e. The van der Waals surface area contributed by atoms with Crippen LogP contribution in [0.2, 0.25) is 0 Å². The third-order valence-electron chi connectivity index (χ3n) is 13.1. The van der Waals surface area contributed by atoms with Crippen molar-refractivity contribution in [1.82, 2.24) is 42.2 Å². The lowest BCUT2D eigenvalue weighted by Gasteiger charge is -2.29. The molecule has 1 saturated heterocycles. The minimum Gasteiger partial charge on any atom is -0.508 e. The van der Waals surface area contributed by atoms with E-state index < -0.39 is 108 Å². The van der Waals surface area contributed by atoms with Gasteiger partial charge in [0.1, 0.15) is 48.0 Å². The van der Waals surface area contributed by atoms with Gasteiger partial charge >= 0.3 is 0 Å². The van der Waals surface area contributed by atoms with Crippen LogP contribution >= 0.6 is 21.6 Å². The molecule has 0 radical (unpaired) electrons. The van der Waals surface area contributed by atoms with Crippen LogP contribution in [0.25, 0.3) is 21.7 Å². The van der Waals surface area contributed by atoms with Crippen molar-refractivity contribution in [3.63, 3.8) is 0 Å². The average Bonchev–Trinajstić information content (AvgIpc) is 3.81. The molecule has 5 aromatic rings. The van der Waals surface area contributed by atoms with E-state index in [1.807, 2.05) is 66.7 Å². The van der Waals surface area contributed by atoms with Crippen molar-refractivity contribution in [2.45, 2.75) is 114 Å². The lowest BCUT2D eigenvalue weighted by atomic mass is 10.00. The van der Waals surface area contributed by atoms with Crippen LogP contribution in [0.1, 0.15) is 56.7 Å². The summed E-state index contributed by atoms with van der Waals surface area (Å²) in [6, 6.07) is 15.8. The first kappa shape index (κ1) is 59.1. The number of para-hydroxylation sites is 1. The number of hydrogen-bond acceptors (Lipinski definition) is 14. The third-order valence-corrected chi connectivity index (χ3v) is 15.5. The number of unbranched alkanes of at least 4 members (excludes halogenated alkanes) is 1. The summed E-state index contributed by atoms with van der Waals surface area (Å²) >= 11 is 0. The molecule has 2 heterocycles. The number of hydrogen-bond donors (Lipinski definition) is 13. The third kappa shape index (κ3) is 16.9. The molecule has 0 aliphatic carbocycles. The molecule has 9 atom stereocenters. The van der Waals surface area contributed by atoms with Crippen LogP contribution in [0.5, 0.6) is 5.75 Å². The number of phenolic OH excluding ortho intramolecular Hbond substituents is 1. The highest BCUT2D eigenvalue weighted by molar-refractivity contribution is 8.76. The number of benzene rings is 4. The fourth-order valence-corrected chi connectivity index (χ4v) is 11.0. The van der Waals surface area contributed by atoms with E-state index in [-0.39, 0.29) is 49.5 Å².